The Hall–Kier alpha value is -1.75. The van der Waals surface area contributed by atoms with Crippen molar-refractivity contribution >= 4 is 33.6 Å². The zero-order chi connectivity index (χ0) is 22.1. The number of aromatic nitrogens is 1. The van der Waals surface area contributed by atoms with Crippen LogP contribution >= 0.6 is 11.8 Å². The second-order valence-corrected chi connectivity index (χ2v) is 9.44. The van der Waals surface area contributed by atoms with E-state index in [1.165, 1.54) is 74.8 Å². The molecule has 0 spiro atoms. The number of fused-ring (bicyclic) bond motifs is 2. The number of alkyl halides is 3. The van der Waals surface area contributed by atoms with Crippen LogP contribution in [0.25, 0.3) is 21.8 Å². The van der Waals surface area contributed by atoms with Gasteiger partial charge in [0.2, 0.25) is 0 Å². The quantitative estimate of drug-likeness (QED) is 0.203. The molecule has 0 bridgehead atoms. The standard InChI is InChI=1S/C26H32F3NS/c1-2-3-4-5-6-7-8-9-16-31-17-15-20-11-10-12-21-18-22-19-23(26(27,28)29)13-14-24(22)30-25(20)21/h10-14,18-19H,2-9,15-17H2,1H3. The smallest absolute Gasteiger partial charge is 0.248 e. The number of aryl methyl sites for hydroxylation is 1. The molecule has 0 saturated carbocycles. The van der Waals surface area contributed by atoms with Crippen molar-refractivity contribution in [3.8, 4) is 0 Å². The molecule has 5 heteroatoms. The molecule has 0 radical (unpaired) electrons. The topological polar surface area (TPSA) is 12.9 Å². The van der Waals surface area contributed by atoms with Gasteiger partial charge in [-0.3, -0.25) is 0 Å². The molecule has 2 aromatic carbocycles. The first-order valence-corrected chi connectivity index (χ1v) is 12.6. The normalized spacial score (nSPS) is 12.1. The van der Waals surface area contributed by atoms with E-state index in [0.717, 1.165) is 29.1 Å². The number of unbranched alkanes of at least 4 members (excludes halogenated alkanes) is 7. The van der Waals surface area contributed by atoms with Gasteiger partial charge in [0.25, 0.3) is 0 Å². The van der Waals surface area contributed by atoms with E-state index in [4.69, 9.17) is 4.98 Å². The van der Waals surface area contributed by atoms with E-state index >= 15 is 0 Å². The molecule has 168 valence electrons. The maximum atomic E-state index is 13.0. The van der Waals surface area contributed by atoms with Gasteiger partial charge in [-0.05, 0) is 54.2 Å². The summed E-state index contributed by atoms with van der Waals surface area (Å²) < 4.78 is 39.0. The Morgan fingerprint density at radius 2 is 1.55 bits per heavy atom. The Morgan fingerprint density at radius 3 is 2.29 bits per heavy atom. The maximum Gasteiger partial charge on any atom is 0.416 e. The molecule has 0 aliphatic carbocycles. The SMILES string of the molecule is CCCCCCCCCCSCCc1cccc2cc3cc(C(F)(F)F)ccc3nc12. The molecule has 0 aliphatic heterocycles. The Morgan fingerprint density at radius 1 is 0.806 bits per heavy atom. The first-order chi connectivity index (χ1) is 15.0. The number of pyridine rings is 1. The fourth-order valence-corrected chi connectivity index (χ4v) is 4.90. The van der Waals surface area contributed by atoms with E-state index in [1.54, 1.807) is 0 Å². The third-order valence-corrected chi connectivity index (χ3v) is 6.78. The molecular formula is C26H32F3NS. The highest BCUT2D eigenvalue weighted by atomic mass is 32.2. The Bertz CT molecular complexity index is 968. The zero-order valence-corrected chi connectivity index (χ0v) is 19.1. The molecular weight excluding hydrogens is 415 g/mol. The van der Waals surface area contributed by atoms with Crippen molar-refractivity contribution in [2.75, 3.05) is 11.5 Å². The number of hydrogen-bond acceptors (Lipinski definition) is 2. The van der Waals surface area contributed by atoms with Crippen LogP contribution in [-0.4, -0.2) is 16.5 Å². The van der Waals surface area contributed by atoms with Gasteiger partial charge in [-0.25, -0.2) is 4.98 Å². The van der Waals surface area contributed by atoms with Crippen molar-refractivity contribution in [3.05, 3.63) is 53.6 Å². The Labute approximate surface area is 187 Å². The molecule has 0 amide bonds. The molecule has 3 rings (SSSR count). The van der Waals surface area contributed by atoms with Gasteiger partial charge in [0, 0.05) is 10.8 Å². The van der Waals surface area contributed by atoms with Gasteiger partial charge in [0.1, 0.15) is 0 Å². The molecule has 0 saturated heterocycles. The highest BCUT2D eigenvalue weighted by Crippen LogP contribution is 2.32. The fourth-order valence-electron chi connectivity index (χ4n) is 3.92. The number of rotatable bonds is 12. The zero-order valence-electron chi connectivity index (χ0n) is 18.3. The van der Waals surface area contributed by atoms with Crippen molar-refractivity contribution < 1.29 is 13.2 Å². The summed E-state index contributed by atoms with van der Waals surface area (Å²) in [5.41, 5.74) is 2.05. The number of hydrogen-bond donors (Lipinski definition) is 0. The van der Waals surface area contributed by atoms with E-state index in [-0.39, 0.29) is 0 Å². The predicted octanol–water partition coefficient (Wildman–Crippen LogP) is 8.82. The first kappa shape index (κ1) is 23.9. The van der Waals surface area contributed by atoms with E-state index in [0.29, 0.717) is 10.9 Å². The monoisotopic (exact) mass is 447 g/mol. The first-order valence-electron chi connectivity index (χ1n) is 11.5. The van der Waals surface area contributed by atoms with Crippen molar-refractivity contribution in [2.45, 2.75) is 70.9 Å². The molecule has 1 nitrogen and oxygen atoms in total. The van der Waals surface area contributed by atoms with Crippen LogP contribution in [0.5, 0.6) is 0 Å². The predicted molar refractivity (Wildman–Crippen MR) is 128 cm³/mol. The van der Waals surface area contributed by atoms with Crippen LogP contribution in [0.3, 0.4) is 0 Å². The molecule has 1 aromatic heterocycles. The van der Waals surface area contributed by atoms with Gasteiger partial charge < -0.3 is 0 Å². The fraction of sp³-hybridized carbons (Fsp3) is 0.500. The molecule has 0 atom stereocenters. The van der Waals surface area contributed by atoms with E-state index in [9.17, 15) is 13.2 Å². The van der Waals surface area contributed by atoms with Crippen LogP contribution in [0.2, 0.25) is 0 Å². The number of para-hydroxylation sites is 1. The van der Waals surface area contributed by atoms with Crippen molar-refractivity contribution in [3.63, 3.8) is 0 Å². The molecule has 0 N–H and O–H groups in total. The van der Waals surface area contributed by atoms with Gasteiger partial charge in [-0.15, -0.1) is 0 Å². The number of nitrogens with zero attached hydrogens (tertiary/aromatic N) is 1. The van der Waals surface area contributed by atoms with Gasteiger partial charge in [-0.2, -0.15) is 24.9 Å². The lowest BCUT2D eigenvalue weighted by atomic mass is 10.0. The van der Waals surface area contributed by atoms with Crippen LogP contribution in [0.1, 0.15) is 69.4 Å². The summed E-state index contributed by atoms with van der Waals surface area (Å²) in [6.07, 6.45) is 7.33. The van der Waals surface area contributed by atoms with E-state index in [2.05, 4.69) is 13.0 Å². The van der Waals surface area contributed by atoms with Crippen LogP contribution < -0.4 is 0 Å². The average Bonchev–Trinajstić information content (AvgIpc) is 2.75. The number of halogens is 3. The van der Waals surface area contributed by atoms with Gasteiger partial charge in [0.15, 0.2) is 0 Å². The third-order valence-electron chi connectivity index (χ3n) is 5.71. The molecule has 3 aromatic rings. The summed E-state index contributed by atoms with van der Waals surface area (Å²) in [6.45, 7) is 2.25. The lowest BCUT2D eigenvalue weighted by Gasteiger charge is -2.10. The highest BCUT2D eigenvalue weighted by Gasteiger charge is 2.30. The molecule has 0 fully saturated rings. The van der Waals surface area contributed by atoms with E-state index < -0.39 is 11.7 Å². The minimum atomic E-state index is -4.34. The van der Waals surface area contributed by atoms with E-state index in [1.807, 2.05) is 30.0 Å². The lowest BCUT2D eigenvalue weighted by molar-refractivity contribution is -0.137. The molecule has 1 heterocycles. The third kappa shape index (κ3) is 7.13. The van der Waals surface area contributed by atoms with Crippen LogP contribution in [0.4, 0.5) is 13.2 Å². The second-order valence-electron chi connectivity index (χ2n) is 8.22. The summed E-state index contributed by atoms with van der Waals surface area (Å²) in [6, 6.07) is 11.6. The Kier molecular flexibility index (Phi) is 9.06. The van der Waals surface area contributed by atoms with Crippen molar-refractivity contribution in [2.24, 2.45) is 0 Å². The van der Waals surface area contributed by atoms with Crippen molar-refractivity contribution in [1.29, 1.82) is 0 Å². The summed E-state index contributed by atoms with van der Waals surface area (Å²) in [4.78, 5) is 4.69. The average molecular weight is 448 g/mol. The lowest BCUT2D eigenvalue weighted by Crippen LogP contribution is -2.04. The second kappa shape index (κ2) is 11.8. The largest absolute Gasteiger partial charge is 0.416 e. The number of thioether (sulfide) groups is 1. The summed E-state index contributed by atoms with van der Waals surface area (Å²) in [7, 11) is 0. The molecule has 0 aliphatic rings. The van der Waals surface area contributed by atoms with Crippen molar-refractivity contribution in [1.82, 2.24) is 4.98 Å². The van der Waals surface area contributed by atoms with Crippen LogP contribution in [-0.2, 0) is 12.6 Å². The Balaban J connectivity index is 1.51. The van der Waals surface area contributed by atoms with Gasteiger partial charge >= 0.3 is 6.18 Å². The maximum absolute atomic E-state index is 13.0. The number of benzene rings is 2. The summed E-state index contributed by atoms with van der Waals surface area (Å²) >= 11 is 1.98. The van der Waals surface area contributed by atoms with Crippen LogP contribution in [0.15, 0.2) is 42.5 Å². The highest BCUT2D eigenvalue weighted by molar-refractivity contribution is 7.99. The molecule has 31 heavy (non-hydrogen) atoms. The van der Waals surface area contributed by atoms with Gasteiger partial charge in [-0.1, -0.05) is 70.1 Å². The molecule has 0 unspecified atom stereocenters. The van der Waals surface area contributed by atoms with Crippen LogP contribution in [0, 0.1) is 0 Å². The minimum Gasteiger partial charge on any atom is -0.248 e. The summed E-state index contributed by atoms with van der Waals surface area (Å²) in [5, 5.41) is 1.43. The summed E-state index contributed by atoms with van der Waals surface area (Å²) in [5.74, 6) is 2.23. The minimum absolute atomic E-state index is 0.531. The van der Waals surface area contributed by atoms with Gasteiger partial charge in [0.05, 0.1) is 16.6 Å².